The molecular weight excluding hydrogens is 199 g/mol. The topological polar surface area (TPSA) is 0 Å². The fourth-order valence-electron chi connectivity index (χ4n) is 0.853. The van der Waals surface area contributed by atoms with Crippen LogP contribution in [-0.2, 0) is 0 Å². The number of halogens is 4. The van der Waals surface area contributed by atoms with Gasteiger partial charge in [0.15, 0.2) is 0 Å². The van der Waals surface area contributed by atoms with Gasteiger partial charge in [0.2, 0.25) is 0 Å². The molecule has 0 spiro atoms. The van der Waals surface area contributed by atoms with Crippen LogP contribution in [0.3, 0.4) is 0 Å². The van der Waals surface area contributed by atoms with Crippen LogP contribution >= 0.6 is 11.6 Å². The molecule has 0 aromatic heterocycles. The van der Waals surface area contributed by atoms with Crippen molar-refractivity contribution in [3.05, 3.63) is 41.4 Å². The molecule has 1 aromatic carbocycles. The highest BCUT2D eigenvalue weighted by molar-refractivity contribution is 6.79. The minimum atomic E-state index is -5.00. The Labute approximate surface area is 79.1 Å². The van der Waals surface area contributed by atoms with Crippen LogP contribution in [0.25, 0.3) is 5.47 Å². The van der Waals surface area contributed by atoms with Crippen LogP contribution in [-0.4, -0.2) is 6.98 Å². The number of hydrogen-bond acceptors (Lipinski definition) is 0. The minimum absolute atomic E-state index is 0.0666. The van der Waals surface area contributed by atoms with Crippen molar-refractivity contribution in [1.29, 1.82) is 0 Å². The smallest absolute Gasteiger partial charge is 0.445 e. The summed E-state index contributed by atoms with van der Waals surface area (Å²) >= 11 is 5.52. The fourth-order valence-corrected chi connectivity index (χ4v) is 0.979. The molecule has 0 saturated carbocycles. The van der Waals surface area contributed by atoms with Crippen molar-refractivity contribution in [2.24, 2.45) is 0 Å². The van der Waals surface area contributed by atoms with Gasteiger partial charge < -0.3 is 12.9 Å². The quantitative estimate of drug-likeness (QED) is 0.645. The van der Waals surface area contributed by atoms with E-state index in [4.69, 9.17) is 11.6 Å². The van der Waals surface area contributed by atoms with E-state index in [1.165, 1.54) is 24.3 Å². The van der Waals surface area contributed by atoms with E-state index in [-0.39, 0.29) is 5.56 Å². The fraction of sp³-hybridized carbons (Fsp3) is 0. The first-order chi connectivity index (χ1) is 5.91. The predicted molar refractivity (Wildman–Crippen MR) is 49.6 cm³/mol. The van der Waals surface area contributed by atoms with Gasteiger partial charge in [0.25, 0.3) is 0 Å². The monoisotopic (exact) mass is 205 g/mol. The van der Waals surface area contributed by atoms with Crippen LogP contribution in [0, 0.1) is 0 Å². The van der Waals surface area contributed by atoms with Crippen molar-refractivity contribution in [3.8, 4) is 0 Å². The maximum absolute atomic E-state index is 12.2. The van der Waals surface area contributed by atoms with Gasteiger partial charge >= 0.3 is 6.98 Å². The molecule has 1 rings (SSSR count). The van der Waals surface area contributed by atoms with Gasteiger partial charge in [-0.25, -0.2) is 0 Å². The van der Waals surface area contributed by atoms with Crippen molar-refractivity contribution in [3.63, 3.8) is 0 Å². The second kappa shape index (κ2) is 3.46. The molecule has 0 aliphatic carbocycles. The zero-order valence-electron chi connectivity index (χ0n) is 6.61. The first-order valence-electron chi connectivity index (χ1n) is 3.56. The van der Waals surface area contributed by atoms with E-state index in [1.54, 1.807) is 0 Å². The van der Waals surface area contributed by atoms with Crippen LogP contribution in [0.15, 0.2) is 30.8 Å². The summed E-state index contributed by atoms with van der Waals surface area (Å²) in [5, 5.41) is 0.409. The summed E-state index contributed by atoms with van der Waals surface area (Å²) < 4.78 is 36.5. The summed E-state index contributed by atoms with van der Waals surface area (Å²) in [7, 11) is 0. The summed E-state index contributed by atoms with van der Waals surface area (Å²) in [6.45, 7) is -2.01. The highest BCUT2D eigenvalue weighted by Gasteiger charge is 2.27. The van der Waals surface area contributed by atoms with Gasteiger partial charge in [0, 0.05) is 5.02 Å². The van der Waals surface area contributed by atoms with Crippen molar-refractivity contribution in [2.75, 3.05) is 0 Å². The second-order valence-corrected chi connectivity index (χ2v) is 3.04. The Morgan fingerprint density at radius 2 is 1.62 bits per heavy atom. The average Bonchev–Trinajstić information content (AvgIpc) is 2.03. The van der Waals surface area contributed by atoms with Crippen LogP contribution in [0.5, 0.6) is 0 Å². The standard InChI is InChI=1S/C8H6BClF3/c1-6(9(11,12)13)7-2-4-8(10)5-3-7/h2-5H,1H2/q-1. The Hall–Kier alpha value is -0.895. The van der Waals surface area contributed by atoms with E-state index >= 15 is 0 Å². The lowest BCUT2D eigenvalue weighted by atomic mass is 9.76. The molecule has 1 aromatic rings. The largest absolute Gasteiger partial charge is 0.509 e. The summed E-state index contributed by atoms with van der Waals surface area (Å²) in [6.07, 6.45) is 0. The van der Waals surface area contributed by atoms with E-state index in [9.17, 15) is 12.9 Å². The van der Waals surface area contributed by atoms with Crippen LogP contribution < -0.4 is 0 Å². The lowest BCUT2D eigenvalue weighted by Crippen LogP contribution is -2.17. The minimum Gasteiger partial charge on any atom is -0.445 e. The van der Waals surface area contributed by atoms with E-state index in [2.05, 4.69) is 6.58 Å². The van der Waals surface area contributed by atoms with Crippen LogP contribution in [0.2, 0.25) is 5.02 Å². The Morgan fingerprint density at radius 1 is 1.15 bits per heavy atom. The molecule has 0 N–H and O–H groups in total. The van der Waals surface area contributed by atoms with Gasteiger partial charge in [-0.15, -0.1) is 12.1 Å². The molecule has 0 amide bonds. The van der Waals surface area contributed by atoms with Gasteiger partial charge in [-0.05, 0) is 12.1 Å². The third-order valence-corrected chi connectivity index (χ3v) is 1.86. The lowest BCUT2D eigenvalue weighted by molar-refractivity contribution is 0.503. The van der Waals surface area contributed by atoms with Gasteiger partial charge in [-0.2, -0.15) is 0 Å². The van der Waals surface area contributed by atoms with E-state index < -0.39 is 12.4 Å². The molecule has 0 aliphatic rings. The lowest BCUT2D eigenvalue weighted by Gasteiger charge is -2.17. The van der Waals surface area contributed by atoms with E-state index in [0.29, 0.717) is 5.02 Å². The summed E-state index contributed by atoms with van der Waals surface area (Å²) in [5.41, 5.74) is -0.728. The van der Waals surface area contributed by atoms with E-state index in [0.717, 1.165) is 0 Å². The summed E-state index contributed by atoms with van der Waals surface area (Å²) in [5.74, 6) is 0. The number of benzene rings is 1. The normalized spacial score (nSPS) is 11.4. The van der Waals surface area contributed by atoms with Gasteiger partial charge in [0.1, 0.15) is 0 Å². The SMILES string of the molecule is C=C(c1ccc(Cl)cc1)[B-](F)(F)F. The Kier molecular flexibility index (Phi) is 2.71. The molecule has 0 aliphatic heterocycles. The zero-order chi connectivity index (χ0) is 10.1. The maximum atomic E-state index is 12.2. The average molecular weight is 205 g/mol. The Bertz CT molecular complexity index is 315. The summed E-state index contributed by atoms with van der Waals surface area (Å²) in [4.78, 5) is 0. The molecule has 0 saturated heterocycles. The molecule has 0 radical (unpaired) electrons. The molecule has 0 bridgehead atoms. The van der Waals surface area contributed by atoms with Crippen molar-refractivity contribution in [1.82, 2.24) is 0 Å². The Balaban J connectivity index is 2.97. The van der Waals surface area contributed by atoms with Crippen molar-refractivity contribution >= 4 is 24.1 Å². The first-order valence-corrected chi connectivity index (χ1v) is 3.94. The number of rotatable bonds is 2. The third kappa shape index (κ3) is 2.52. The number of hydrogen-bond donors (Lipinski definition) is 0. The van der Waals surface area contributed by atoms with Crippen LogP contribution in [0.4, 0.5) is 12.9 Å². The molecule has 70 valence electrons. The maximum Gasteiger partial charge on any atom is 0.509 e. The van der Waals surface area contributed by atoms with E-state index in [1.807, 2.05) is 0 Å². The third-order valence-electron chi connectivity index (χ3n) is 1.61. The molecule has 0 heterocycles. The Morgan fingerprint density at radius 3 is 2.00 bits per heavy atom. The van der Waals surface area contributed by atoms with Gasteiger partial charge in [-0.1, -0.05) is 29.3 Å². The molecule has 5 heteroatoms. The molecule has 0 nitrogen and oxygen atoms in total. The highest BCUT2D eigenvalue weighted by atomic mass is 35.5. The molecule has 0 fully saturated rings. The van der Waals surface area contributed by atoms with Gasteiger partial charge in [-0.3, -0.25) is 0 Å². The summed E-state index contributed by atoms with van der Waals surface area (Å²) in [6, 6.07) is 5.42. The second-order valence-electron chi connectivity index (χ2n) is 2.61. The van der Waals surface area contributed by atoms with Crippen molar-refractivity contribution < 1.29 is 12.9 Å². The van der Waals surface area contributed by atoms with Crippen molar-refractivity contribution in [2.45, 2.75) is 0 Å². The predicted octanol–water partition coefficient (Wildman–Crippen LogP) is 3.74. The van der Waals surface area contributed by atoms with Crippen LogP contribution in [0.1, 0.15) is 5.56 Å². The zero-order valence-corrected chi connectivity index (χ0v) is 7.36. The van der Waals surface area contributed by atoms with Gasteiger partial charge in [0.05, 0.1) is 0 Å². The first kappa shape index (κ1) is 10.2. The molecule has 0 unspecified atom stereocenters. The molecular formula is C8H6BClF3-. The highest BCUT2D eigenvalue weighted by Crippen LogP contribution is 2.28. The molecule has 13 heavy (non-hydrogen) atoms. The molecule has 0 atom stereocenters.